The van der Waals surface area contributed by atoms with Crippen LogP contribution in [0.5, 0.6) is 0 Å². The molecule has 0 amide bonds. The zero-order valence-corrected chi connectivity index (χ0v) is 11.2. The molecule has 0 spiro atoms. The summed E-state index contributed by atoms with van der Waals surface area (Å²) >= 11 is 0. The summed E-state index contributed by atoms with van der Waals surface area (Å²) in [5.74, 6) is 8.04. The van der Waals surface area contributed by atoms with E-state index in [9.17, 15) is 0 Å². The van der Waals surface area contributed by atoms with Crippen molar-refractivity contribution in [2.75, 3.05) is 7.11 Å². The van der Waals surface area contributed by atoms with Crippen molar-refractivity contribution < 1.29 is 4.74 Å². The van der Waals surface area contributed by atoms with Gasteiger partial charge >= 0.3 is 0 Å². The smallest absolute Gasteiger partial charge is 0.0737 e. The molecular formula is C13H28N2O. The standard InChI is InChI=1S/C13H28N2O/c1-5-12(16-4)13(15-14)11-7-6-9(2)10(3)8-11/h9-13,15H,5-8,14H2,1-4H3. The molecule has 3 heteroatoms. The first-order valence-electron chi connectivity index (χ1n) is 6.62. The Morgan fingerprint density at radius 2 is 2.00 bits per heavy atom. The summed E-state index contributed by atoms with van der Waals surface area (Å²) in [5, 5.41) is 0. The average molecular weight is 228 g/mol. The second-order valence-corrected chi connectivity index (χ2v) is 5.40. The van der Waals surface area contributed by atoms with Gasteiger partial charge in [-0.2, -0.15) is 0 Å². The van der Waals surface area contributed by atoms with Crippen LogP contribution in [0.1, 0.15) is 46.5 Å². The molecule has 0 heterocycles. The topological polar surface area (TPSA) is 47.3 Å². The number of rotatable bonds is 5. The number of nitrogens with one attached hydrogen (secondary N) is 1. The molecule has 5 unspecified atom stereocenters. The summed E-state index contributed by atoms with van der Waals surface area (Å²) in [6.45, 7) is 6.88. The van der Waals surface area contributed by atoms with Gasteiger partial charge in [0.15, 0.2) is 0 Å². The third-order valence-electron chi connectivity index (χ3n) is 4.44. The molecule has 1 aliphatic carbocycles. The van der Waals surface area contributed by atoms with Gasteiger partial charge in [0.05, 0.1) is 12.1 Å². The van der Waals surface area contributed by atoms with Crippen molar-refractivity contribution >= 4 is 0 Å². The monoisotopic (exact) mass is 228 g/mol. The highest BCUT2D eigenvalue weighted by atomic mass is 16.5. The molecular weight excluding hydrogens is 200 g/mol. The Morgan fingerprint density at radius 1 is 1.31 bits per heavy atom. The predicted molar refractivity (Wildman–Crippen MR) is 67.9 cm³/mol. The van der Waals surface area contributed by atoms with Gasteiger partial charge in [0, 0.05) is 7.11 Å². The summed E-state index contributed by atoms with van der Waals surface area (Å²) < 4.78 is 5.53. The lowest BCUT2D eigenvalue weighted by Crippen LogP contribution is -2.50. The molecule has 1 rings (SSSR count). The zero-order chi connectivity index (χ0) is 12.1. The number of methoxy groups -OCH3 is 1. The highest BCUT2D eigenvalue weighted by molar-refractivity contribution is 4.87. The second kappa shape index (κ2) is 6.58. The van der Waals surface area contributed by atoms with E-state index in [0.29, 0.717) is 12.0 Å². The summed E-state index contributed by atoms with van der Waals surface area (Å²) in [7, 11) is 1.79. The van der Waals surface area contributed by atoms with Crippen molar-refractivity contribution in [1.82, 2.24) is 5.43 Å². The first kappa shape index (κ1) is 13.9. The van der Waals surface area contributed by atoms with Gasteiger partial charge < -0.3 is 4.74 Å². The predicted octanol–water partition coefficient (Wildman–Crippen LogP) is 2.32. The highest BCUT2D eigenvalue weighted by Gasteiger charge is 2.33. The quantitative estimate of drug-likeness (QED) is 0.561. The lowest BCUT2D eigenvalue weighted by molar-refractivity contribution is 0.0266. The van der Waals surface area contributed by atoms with E-state index in [-0.39, 0.29) is 6.10 Å². The van der Waals surface area contributed by atoms with Gasteiger partial charge in [0.2, 0.25) is 0 Å². The van der Waals surface area contributed by atoms with Crippen LogP contribution < -0.4 is 11.3 Å². The van der Waals surface area contributed by atoms with E-state index in [4.69, 9.17) is 10.6 Å². The first-order valence-corrected chi connectivity index (χ1v) is 6.62. The average Bonchev–Trinajstić information content (AvgIpc) is 2.29. The third kappa shape index (κ3) is 3.19. The van der Waals surface area contributed by atoms with Crippen LogP contribution in [-0.4, -0.2) is 19.3 Å². The minimum absolute atomic E-state index is 0.246. The van der Waals surface area contributed by atoms with Crippen LogP contribution >= 0.6 is 0 Å². The number of ether oxygens (including phenoxy) is 1. The van der Waals surface area contributed by atoms with Crippen LogP contribution in [-0.2, 0) is 4.74 Å². The molecule has 0 bridgehead atoms. The third-order valence-corrected chi connectivity index (χ3v) is 4.44. The molecule has 3 nitrogen and oxygen atoms in total. The van der Waals surface area contributed by atoms with Crippen LogP contribution in [0, 0.1) is 17.8 Å². The van der Waals surface area contributed by atoms with Crippen LogP contribution in [0.25, 0.3) is 0 Å². The van der Waals surface area contributed by atoms with Crippen molar-refractivity contribution in [3.8, 4) is 0 Å². The van der Waals surface area contributed by atoms with Crippen molar-refractivity contribution in [1.29, 1.82) is 0 Å². The maximum atomic E-state index is 5.71. The lowest BCUT2D eigenvalue weighted by atomic mass is 9.72. The molecule has 0 aromatic rings. The van der Waals surface area contributed by atoms with Crippen LogP contribution in [0.3, 0.4) is 0 Å². The van der Waals surface area contributed by atoms with Gasteiger partial charge in [-0.1, -0.05) is 27.2 Å². The van der Waals surface area contributed by atoms with E-state index < -0.39 is 0 Å². The van der Waals surface area contributed by atoms with E-state index in [1.165, 1.54) is 19.3 Å². The molecule has 1 saturated carbocycles. The Morgan fingerprint density at radius 3 is 2.44 bits per heavy atom. The van der Waals surface area contributed by atoms with Crippen molar-refractivity contribution in [2.24, 2.45) is 23.6 Å². The molecule has 0 aliphatic heterocycles. The molecule has 5 atom stereocenters. The van der Waals surface area contributed by atoms with Gasteiger partial charge in [-0.15, -0.1) is 0 Å². The van der Waals surface area contributed by atoms with Gasteiger partial charge in [-0.3, -0.25) is 11.3 Å². The fraction of sp³-hybridized carbons (Fsp3) is 1.00. The Labute approximate surface area is 100 Å². The SMILES string of the molecule is CCC(OC)C(NN)C1CCC(C)C(C)C1. The fourth-order valence-electron chi connectivity index (χ4n) is 3.03. The molecule has 96 valence electrons. The molecule has 1 fully saturated rings. The van der Waals surface area contributed by atoms with Gasteiger partial charge in [0.25, 0.3) is 0 Å². The van der Waals surface area contributed by atoms with Crippen LogP contribution in [0.4, 0.5) is 0 Å². The minimum Gasteiger partial charge on any atom is -0.380 e. The summed E-state index contributed by atoms with van der Waals surface area (Å²) in [6, 6.07) is 0.310. The van der Waals surface area contributed by atoms with E-state index in [2.05, 4.69) is 26.2 Å². The van der Waals surface area contributed by atoms with Crippen molar-refractivity contribution in [2.45, 2.75) is 58.6 Å². The Kier molecular flexibility index (Phi) is 5.73. The highest BCUT2D eigenvalue weighted by Crippen LogP contribution is 2.36. The maximum Gasteiger partial charge on any atom is 0.0737 e. The first-order chi connectivity index (χ1) is 7.63. The van der Waals surface area contributed by atoms with Crippen molar-refractivity contribution in [3.63, 3.8) is 0 Å². The Bertz CT molecular complexity index is 194. The Balaban J connectivity index is 2.59. The van der Waals surface area contributed by atoms with E-state index >= 15 is 0 Å². The van der Waals surface area contributed by atoms with Crippen LogP contribution in [0.2, 0.25) is 0 Å². The number of hydrogen-bond donors (Lipinski definition) is 2. The molecule has 3 N–H and O–H groups in total. The fourth-order valence-corrected chi connectivity index (χ4v) is 3.03. The summed E-state index contributed by atoms with van der Waals surface area (Å²) in [4.78, 5) is 0. The van der Waals surface area contributed by atoms with Gasteiger partial charge in [-0.25, -0.2) is 0 Å². The molecule has 16 heavy (non-hydrogen) atoms. The minimum atomic E-state index is 0.246. The number of hydrogen-bond acceptors (Lipinski definition) is 3. The van der Waals surface area contributed by atoms with Crippen LogP contribution in [0.15, 0.2) is 0 Å². The lowest BCUT2D eigenvalue weighted by Gasteiger charge is -2.39. The van der Waals surface area contributed by atoms with E-state index in [0.717, 1.165) is 18.3 Å². The summed E-state index contributed by atoms with van der Waals surface area (Å²) in [5.41, 5.74) is 2.98. The second-order valence-electron chi connectivity index (χ2n) is 5.40. The zero-order valence-electron chi connectivity index (χ0n) is 11.2. The van der Waals surface area contributed by atoms with E-state index in [1.54, 1.807) is 7.11 Å². The molecule has 0 radical (unpaired) electrons. The molecule has 0 aromatic carbocycles. The molecule has 1 aliphatic rings. The molecule has 0 saturated heterocycles. The molecule has 0 aromatic heterocycles. The normalized spacial score (nSPS) is 34.7. The van der Waals surface area contributed by atoms with Gasteiger partial charge in [-0.05, 0) is 37.0 Å². The van der Waals surface area contributed by atoms with E-state index in [1.807, 2.05) is 0 Å². The largest absolute Gasteiger partial charge is 0.380 e. The van der Waals surface area contributed by atoms with Crippen molar-refractivity contribution in [3.05, 3.63) is 0 Å². The number of nitrogens with two attached hydrogens (primary N) is 1. The Hall–Kier alpha value is -0.120. The summed E-state index contributed by atoms with van der Waals surface area (Å²) in [6.07, 6.45) is 5.14. The maximum absolute atomic E-state index is 5.71. The van der Waals surface area contributed by atoms with Gasteiger partial charge in [0.1, 0.15) is 0 Å². The number of hydrazine groups is 1.